The Morgan fingerprint density at radius 1 is 1.35 bits per heavy atom. The van der Waals surface area contributed by atoms with Crippen molar-refractivity contribution in [1.82, 2.24) is 0 Å². The van der Waals surface area contributed by atoms with E-state index in [0.717, 1.165) is 12.8 Å². The highest BCUT2D eigenvalue weighted by molar-refractivity contribution is 9.10. The average Bonchev–Trinajstić information content (AvgIpc) is 2.29. The predicted octanol–water partition coefficient (Wildman–Crippen LogP) is 4.02. The molecule has 1 atom stereocenters. The summed E-state index contributed by atoms with van der Waals surface area (Å²) in [7, 11) is 0. The summed E-state index contributed by atoms with van der Waals surface area (Å²) in [5.74, 6) is -0.702. The van der Waals surface area contributed by atoms with Gasteiger partial charge in [-0.15, -0.1) is 0 Å². The number of carbonyl (C=O) groups excluding carboxylic acids is 1. The molecule has 1 fully saturated rings. The van der Waals surface area contributed by atoms with Crippen LogP contribution in [0.1, 0.15) is 12.8 Å². The monoisotopic (exact) mass is 339 g/mol. The van der Waals surface area contributed by atoms with E-state index in [9.17, 15) is 9.18 Å². The topological polar surface area (TPSA) is 20.3 Å². The van der Waals surface area contributed by atoms with Gasteiger partial charge in [0.2, 0.25) is 5.91 Å². The van der Waals surface area contributed by atoms with Crippen LogP contribution in [0.5, 0.6) is 0 Å². The molecular formula is C11H9BrCl2FNO. The lowest BCUT2D eigenvalue weighted by Crippen LogP contribution is -2.41. The molecule has 1 unspecified atom stereocenters. The number of halogens is 4. The highest BCUT2D eigenvalue weighted by atomic mass is 79.9. The number of nitrogens with zero attached hydrogens (tertiary/aromatic N) is 1. The Morgan fingerprint density at radius 2 is 1.94 bits per heavy atom. The molecule has 1 amide bonds. The zero-order chi connectivity index (χ0) is 12.6. The van der Waals surface area contributed by atoms with E-state index in [1.807, 2.05) is 0 Å². The predicted molar refractivity (Wildman–Crippen MR) is 70.7 cm³/mol. The quantitative estimate of drug-likeness (QED) is 0.558. The first-order chi connectivity index (χ1) is 8.00. The van der Waals surface area contributed by atoms with Crippen molar-refractivity contribution in [3.05, 3.63) is 28.0 Å². The molecule has 0 aromatic heterocycles. The van der Waals surface area contributed by atoms with Crippen molar-refractivity contribution in [3.63, 3.8) is 0 Å². The van der Waals surface area contributed by atoms with Gasteiger partial charge in [0.25, 0.3) is 0 Å². The molecule has 1 aliphatic heterocycles. The summed E-state index contributed by atoms with van der Waals surface area (Å²) in [6, 6.07) is 2.84. The minimum absolute atomic E-state index is 0.0463. The van der Waals surface area contributed by atoms with E-state index in [0.29, 0.717) is 12.2 Å². The molecule has 1 aromatic carbocycles. The summed E-state index contributed by atoms with van der Waals surface area (Å²) in [6.45, 7) is 0.596. The van der Waals surface area contributed by atoms with Gasteiger partial charge in [-0.05, 0) is 25.0 Å². The largest absolute Gasteiger partial charge is 0.311 e. The van der Waals surface area contributed by atoms with Crippen LogP contribution in [-0.4, -0.2) is 17.3 Å². The number of rotatable bonds is 1. The van der Waals surface area contributed by atoms with Crippen molar-refractivity contribution >= 4 is 50.7 Å². The van der Waals surface area contributed by atoms with Gasteiger partial charge in [-0.2, -0.15) is 0 Å². The van der Waals surface area contributed by atoms with E-state index < -0.39 is 5.82 Å². The van der Waals surface area contributed by atoms with Crippen LogP contribution in [0, 0.1) is 5.82 Å². The van der Waals surface area contributed by atoms with Crippen LogP contribution in [0.2, 0.25) is 10.0 Å². The van der Waals surface area contributed by atoms with Gasteiger partial charge in [-0.25, -0.2) is 4.39 Å². The Bertz CT molecular complexity index is 446. The Balaban J connectivity index is 2.37. The van der Waals surface area contributed by atoms with Crippen LogP contribution in [-0.2, 0) is 4.79 Å². The van der Waals surface area contributed by atoms with Crippen molar-refractivity contribution in [2.75, 3.05) is 11.4 Å². The van der Waals surface area contributed by atoms with Crippen LogP contribution in [0.25, 0.3) is 0 Å². The van der Waals surface area contributed by atoms with E-state index in [-0.39, 0.29) is 20.8 Å². The molecule has 1 saturated heterocycles. The number of alkyl halides is 1. The second kappa shape index (κ2) is 5.12. The first-order valence-corrected chi connectivity index (χ1v) is 6.78. The standard InChI is InChI=1S/C11H9BrCl2FNO/c12-7-2-1-3-16(11(7)17)6-4-8(13)10(15)9(14)5-6/h4-5,7H,1-3H2. The molecule has 1 heterocycles. The normalized spacial score (nSPS) is 20.8. The highest BCUT2D eigenvalue weighted by Crippen LogP contribution is 2.32. The van der Waals surface area contributed by atoms with Crippen molar-refractivity contribution in [3.8, 4) is 0 Å². The number of benzene rings is 1. The van der Waals surface area contributed by atoms with Crippen LogP contribution in [0.15, 0.2) is 12.1 Å². The molecule has 0 bridgehead atoms. The zero-order valence-corrected chi connectivity index (χ0v) is 11.8. The average molecular weight is 341 g/mol. The van der Waals surface area contributed by atoms with Crippen LogP contribution in [0.3, 0.4) is 0 Å². The number of carbonyl (C=O) groups is 1. The summed E-state index contributed by atoms with van der Waals surface area (Å²) in [5, 5.41) is -0.144. The number of piperidine rings is 1. The third kappa shape index (κ3) is 2.59. The number of hydrogen-bond acceptors (Lipinski definition) is 1. The van der Waals surface area contributed by atoms with Gasteiger partial charge in [0.1, 0.15) is 0 Å². The first-order valence-electron chi connectivity index (χ1n) is 5.10. The molecule has 2 rings (SSSR count). The van der Waals surface area contributed by atoms with Crippen molar-refractivity contribution in [2.24, 2.45) is 0 Å². The zero-order valence-electron chi connectivity index (χ0n) is 8.72. The van der Waals surface area contributed by atoms with Gasteiger partial charge in [-0.3, -0.25) is 4.79 Å². The van der Waals surface area contributed by atoms with E-state index in [1.165, 1.54) is 12.1 Å². The Hall–Kier alpha value is -0.320. The lowest BCUT2D eigenvalue weighted by atomic mass is 10.1. The minimum Gasteiger partial charge on any atom is -0.311 e. The number of anilines is 1. The molecule has 0 saturated carbocycles. The molecule has 6 heteroatoms. The number of hydrogen-bond donors (Lipinski definition) is 0. The van der Waals surface area contributed by atoms with Crippen LogP contribution < -0.4 is 4.90 Å². The summed E-state index contributed by atoms with van der Waals surface area (Å²) in [5.41, 5.74) is 0.538. The maximum absolute atomic E-state index is 13.3. The van der Waals surface area contributed by atoms with Gasteiger partial charge < -0.3 is 4.90 Å². The summed E-state index contributed by atoms with van der Waals surface area (Å²) < 4.78 is 13.3. The second-order valence-electron chi connectivity index (χ2n) is 3.82. The Labute approximate surface area is 117 Å². The lowest BCUT2D eigenvalue weighted by molar-refractivity contribution is -0.118. The fraction of sp³-hybridized carbons (Fsp3) is 0.364. The highest BCUT2D eigenvalue weighted by Gasteiger charge is 2.28. The molecule has 17 heavy (non-hydrogen) atoms. The lowest BCUT2D eigenvalue weighted by Gasteiger charge is -2.30. The molecule has 0 radical (unpaired) electrons. The fourth-order valence-corrected chi connectivity index (χ4v) is 2.83. The molecular weight excluding hydrogens is 332 g/mol. The third-order valence-corrected chi connectivity index (χ3v) is 4.05. The van der Waals surface area contributed by atoms with Crippen molar-refractivity contribution in [1.29, 1.82) is 0 Å². The number of amides is 1. The fourth-order valence-electron chi connectivity index (χ4n) is 1.79. The Morgan fingerprint density at radius 3 is 2.53 bits per heavy atom. The van der Waals surface area contributed by atoms with Gasteiger partial charge in [0, 0.05) is 12.2 Å². The smallest absolute Gasteiger partial charge is 0.240 e. The molecule has 0 aliphatic carbocycles. The summed E-state index contributed by atoms with van der Waals surface area (Å²) in [6.07, 6.45) is 1.69. The van der Waals surface area contributed by atoms with Gasteiger partial charge in [-0.1, -0.05) is 39.1 Å². The van der Waals surface area contributed by atoms with Gasteiger partial charge in [0.15, 0.2) is 5.82 Å². The van der Waals surface area contributed by atoms with Crippen LogP contribution >= 0.6 is 39.1 Å². The summed E-state index contributed by atoms with van der Waals surface area (Å²) in [4.78, 5) is 13.3. The molecule has 1 aromatic rings. The third-order valence-electron chi connectivity index (χ3n) is 2.65. The molecule has 92 valence electrons. The Kier molecular flexibility index (Phi) is 3.95. The molecule has 2 nitrogen and oxygen atoms in total. The van der Waals surface area contributed by atoms with Crippen LogP contribution in [0.4, 0.5) is 10.1 Å². The van der Waals surface area contributed by atoms with Crippen molar-refractivity contribution < 1.29 is 9.18 Å². The summed E-state index contributed by atoms with van der Waals surface area (Å²) >= 11 is 14.7. The maximum atomic E-state index is 13.3. The van der Waals surface area contributed by atoms with Gasteiger partial charge in [0.05, 0.1) is 14.9 Å². The van der Waals surface area contributed by atoms with E-state index in [4.69, 9.17) is 23.2 Å². The molecule has 1 aliphatic rings. The van der Waals surface area contributed by atoms with E-state index in [2.05, 4.69) is 15.9 Å². The second-order valence-corrected chi connectivity index (χ2v) is 5.74. The molecule has 0 N–H and O–H groups in total. The minimum atomic E-state index is -0.656. The first kappa shape index (κ1) is 13.1. The SMILES string of the molecule is O=C1C(Br)CCCN1c1cc(Cl)c(F)c(Cl)c1. The van der Waals surface area contributed by atoms with E-state index >= 15 is 0 Å². The van der Waals surface area contributed by atoms with Gasteiger partial charge >= 0.3 is 0 Å². The molecule has 0 spiro atoms. The van der Waals surface area contributed by atoms with Crippen molar-refractivity contribution in [2.45, 2.75) is 17.7 Å². The van der Waals surface area contributed by atoms with E-state index in [1.54, 1.807) is 4.90 Å². The maximum Gasteiger partial charge on any atom is 0.240 e.